The van der Waals surface area contributed by atoms with Crippen molar-refractivity contribution >= 4 is 11.0 Å². The molecule has 0 saturated carbocycles. The molecule has 0 bridgehead atoms. The van der Waals surface area contributed by atoms with Crippen LogP contribution in [0.1, 0.15) is 0 Å². The molecule has 0 aliphatic heterocycles. The number of hydrogen-bond acceptors (Lipinski definition) is 3. The predicted molar refractivity (Wildman–Crippen MR) is 59.4 cm³/mol. The van der Waals surface area contributed by atoms with Crippen LogP contribution in [0.25, 0.3) is 16.7 Å². The summed E-state index contributed by atoms with van der Waals surface area (Å²) in [6, 6.07) is 2.99. The van der Waals surface area contributed by atoms with Gasteiger partial charge in [0.15, 0.2) is 5.65 Å². The van der Waals surface area contributed by atoms with Crippen LogP contribution in [-0.4, -0.2) is 19.7 Å². The van der Waals surface area contributed by atoms with E-state index in [9.17, 15) is 13.6 Å². The number of rotatable bonds is 1. The first-order chi connectivity index (χ1) is 8.66. The molecule has 7 heteroatoms. The summed E-state index contributed by atoms with van der Waals surface area (Å²) in [6.45, 7) is 0. The molecule has 0 aliphatic rings. The van der Waals surface area contributed by atoms with Crippen molar-refractivity contribution in [2.45, 2.75) is 0 Å². The number of hydrogen-bond donors (Lipinski definition) is 1. The van der Waals surface area contributed by atoms with E-state index in [2.05, 4.69) is 15.1 Å². The van der Waals surface area contributed by atoms with Crippen molar-refractivity contribution in [3.05, 3.63) is 52.7 Å². The van der Waals surface area contributed by atoms with Crippen LogP contribution in [0.5, 0.6) is 0 Å². The largest absolute Gasteiger partial charge is 0.312 e. The molecule has 0 saturated heterocycles. The minimum atomic E-state index is -0.650. The summed E-state index contributed by atoms with van der Waals surface area (Å²) >= 11 is 0. The van der Waals surface area contributed by atoms with E-state index in [1.807, 2.05) is 0 Å². The Balaban J connectivity index is 2.36. The summed E-state index contributed by atoms with van der Waals surface area (Å²) in [5.41, 5.74) is -0.311. The number of aromatic amines is 1. The van der Waals surface area contributed by atoms with E-state index in [4.69, 9.17) is 0 Å². The van der Waals surface area contributed by atoms with Gasteiger partial charge in [-0.25, -0.2) is 18.4 Å². The molecule has 5 nitrogen and oxygen atoms in total. The summed E-state index contributed by atoms with van der Waals surface area (Å²) in [4.78, 5) is 17.7. The van der Waals surface area contributed by atoms with Crippen LogP contribution in [0.3, 0.4) is 0 Å². The van der Waals surface area contributed by atoms with E-state index in [0.29, 0.717) is 0 Å². The van der Waals surface area contributed by atoms with Gasteiger partial charge >= 0.3 is 0 Å². The highest BCUT2D eigenvalue weighted by molar-refractivity contribution is 5.74. The number of benzene rings is 1. The van der Waals surface area contributed by atoms with Crippen molar-refractivity contribution in [3.8, 4) is 5.69 Å². The van der Waals surface area contributed by atoms with E-state index in [0.717, 1.165) is 22.9 Å². The molecule has 3 rings (SSSR count). The molecule has 0 atom stereocenters. The van der Waals surface area contributed by atoms with Gasteiger partial charge in [-0.2, -0.15) is 5.10 Å². The highest BCUT2D eigenvalue weighted by atomic mass is 19.1. The van der Waals surface area contributed by atoms with Crippen LogP contribution in [0, 0.1) is 11.6 Å². The lowest BCUT2D eigenvalue weighted by atomic mass is 10.3. The van der Waals surface area contributed by atoms with Crippen LogP contribution in [-0.2, 0) is 0 Å². The van der Waals surface area contributed by atoms with E-state index in [1.54, 1.807) is 0 Å². The summed E-state index contributed by atoms with van der Waals surface area (Å²) in [5.74, 6) is -1.25. The molecule has 90 valence electrons. The van der Waals surface area contributed by atoms with Gasteiger partial charge in [-0.3, -0.25) is 4.79 Å². The number of nitrogens with one attached hydrogen (secondary N) is 1. The summed E-state index contributed by atoms with van der Waals surface area (Å²) < 4.78 is 27.8. The first-order valence-corrected chi connectivity index (χ1v) is 5.03. The minimum Gasteiger partial charge on any atom is -0.312 e. The van der Waals surface area contributed by atoms with Crippen molar-refractivity contribution in [1.29, 1.82) is 0 Å². The third-order valence-electron chi connectivity index (χ3n) is 2.51. The van der Waals surface area contributed by atoms with Gasteiger partial charge in [0, 0.05) is 6.07 Å². The smallest absolute Gasteiger partial charge is 0.261 e. The fraction of sp³-hybridized carbons (Fsp3) is 0. The Bertz CT molecular complexity index is 793. The van der Waals surface area contributed by atoms with Crippen LogP contribution in [0.4, 0.5) is 8.78 Å². The van der Waals surface area contributed by atoms with Crippen LogP contribution in [0.15, 0.2) is 35.5 Å². The zero-order chi connectivity index (χ0) is 12.7. The fourth-order valence-corrected chi connectivity index (χ4v) is 1.68. The molecule has 0 amide bonds. The van der Waals surface area contributed by atoms with Gasteiger partial charge in [-0.1, -0.05) is 0 Å². The summed E-state index contributed by atoms with van der Waals surface area (Å²) in [7, 11) is 0. The third kappa shape index (κ3) is 1.48. The normalized spacial score (nSPS) is 11.0. The Morgan fingerprint density at radius 2 is 2.11 bits per heavy atom. The molecular weight excluding hydrogens is 242 g/mol. The average Bonchev–Trinajstić information content (AvgIpc) is 2.77. The second-order valence-corrected chi connectivity index (χ2v) is 3.62. The van der Waals surface area contributed by atoms with Crippen LogP contribution in [0.2, 0.25) is 0 Å². The molecule has 0 aliphatic carbocycles. The van der Waals surface area contributed by atoms with Gasteiger partial charge in [0.1, 0.15) is 22.7 Å². The van der Waals surface area contributed by atoms with Crippen molar-refractivity contribution in [1.82, 2.24) is 19.7 Å². The lowest BCUT2D eigenvalue weighted by Gasteiger charge is -2.03. The maximum Gasteiger partial charge on any atom is 0.261 e. The molecule has 1 aromatic carbocycles. The summed E-state index contributed by atoms with van der Waals surface area (Å²) in [6.07, 6.45) is 2.44. The topological polar surface area (TPSA) is 63.6 Å². The maximum absolute atomic E-state index is 13.6. The third-order valence-corrected chi connectivity index (χ3v) is 2.51. The molecule has 2 heterocycles. The first kappa shape index (κ1) is 10.6. The van der Waals surface area contributed by atoms with Crippen LogP contribution < -0.4 is 5.56 Å². The molecule has 0 spiro atoms. The number of H-pyrrole nitrogens is 1. The monoisotopic (exact) mass is 248 g/mol. The zero-order valence-corrected chi connectivity index (χ0v) is 8.89. The van der Waals surface area contributed by atoms with Gasteiger partial charge in [-0.05, 0) is 12.1 Å². The fourth-order valence-electron chi connectivity index (χ4n) is 1.68. The van der Waals surface area contributed by atoms with Gasteiger partial charge in [-0.15, -0.1) is 0 Å². The molecule has 0 fully saturated rings. The number of halogens is 2. The molecule has 2 aromatic heterocycles. The Morgan fingerprint density at radius 3 is 2.94 bits per heavy atom. The van der Waals surface area contributed by atoms with Crippen molar-refractivity contribution in [2.24, 2.45) is 0 Å². The molecule has 0 radical (unpaired) electrons. The summed E-state index contributed by atoms with van der Waals surface area (Å²) in [5, 5.41) is 4.07. The van der Waals surface area contributed by atoms with Crippen molar-refractivity contribution < 1.29 is 8.78 Å². The quantitative estimate of drug-likeness (QED) is 0.707. The second kappa shape index (κ2) is 3.73. The van der Waals surface area contributed by atoms with E-state index in [-0.39, 0.29) is 22.3 Å². The Labute approximate surface area is 98.7 Å². The number of aromatic nitrogens is 4. The number of fused-ring (bicyclic) bond motifs is 1. The zero-order valence-electron chi connectivity index (χ0n) is 8.89. The molecular formula is C11H6F2N4O. The van der Waals surface area contributed by atoms with Gasteiger partial charge < -0.3 is 4.98 Å². The Kier molecular flexibility index (Phi) is 2.19. The molecule has 1 N–H and O–H groups in total. The molecule has 0 unspecified atom stereocenters. The average molecular weight is 248 g/mol. The lowest BCUT2D eigenvalue weighted by molar-refractivity contribution is 0.588. The first-order valence-electron chi connectivity index (χ1n) is 5.03. The predicted octanol–water partition coefficient (Wildman–Crippen LogP) is 1.39. The Morgan fingerprint density at radius 1 is 1.28 bits per heavy atom. The van der Waals surface area contributed by atoms with Crippen molar-refractivity contribution in [2.75, 3.05) is 0 Å². The second-order valence-electron chi connectivity index (χ2n) is 3.62. The van der Waals surface area contributed by atoms with Gasteiger partial charge in [0.2, 0.25) is 0 Å². The van der Waals surface area contributed by atoms with Crippen molar-refractivity contribution in [3.63, 3.8) is 0 Å². The van der Waals surface area contributed by atoms with Crippen LogP contribution >= 0.6 is 0 Å². The van der Waals surface area contributed by atoms with Gasteiger partial charge in [0.25, 0.3) is 5.56 Å². The molecule has 18 heavy (non-hydrogen) atoms. The SMILES string of the molecule is O=c1[nH]cnc2c1cnn2-c1cc(F)ccc1F. The lowest BCUT2D eigenvalue weighted by Crippen LogP contribution is -2.07. The standard InChI is InChI=1S/C11H6F2N4O/c12-6-1-2-8(13)9(3-6)17-10-7(4-16-17)11(18)15-5-14-10/h1-5H,(H,14,15,18). The van der Waals surface area contributed by atoms with E-state index in [1.165, 1.54) is 12.5 Å². The Hall–Kier alpha value is -2.57. The molecule has 3 aromatic rings. The van der Waals surface area contributed by atoms with E-state index >= 15 is 0 Å². The van der Waals surface area contributed by atoms with E-state index < -0.39 is 11.6 Å². The highest BCUT2D eigenvalue weighted by Crippen LogP contribution is 2.17. The highest BCUT2D eigenvalue weighted by Gasteiger charge is 2.12. The van der Waals surface area contributed by atoms with Gasteiger partial charge in [0.05, 0.1) is 12.5 Å². The minimum absolute atomic E-state index is 0.0944. The number of nitrogens with zero attached hydrogens (tertiary/aromatic N) is 3. The maximum atomic E-state index is 13.6.